The molecule has 9 heteroatoms. The molecule has 3 aromatic rings. The zero-order chi connectivity index (χ0) is 20.2. The number of aromatic nitrogens is 2. The van der Waals surface area contributed by atoms with Gasteiger partial charge < -0.3 is 14.6 Å². The highest BCUT2D eigenvalue weighted by Crippen LogP contribution is 2.32. The van der Waals surface area contributed by atoms with Crippen LogP contribution in [0, 0.1) is 0 Å². The molecule has 0 atom stereocenters. The molecule has 1 aliphatic heterocycles. The van der Waals surface area contributed by atoms with E-state index in [0.717, 1.165) is 47.3 Å². The molecule has 0 bridgehead atoms. The van der Waals surface area contributed by atoms with E-state index in [-0.39, 0.29) is 11.7 Å². The Morgan fingerprint density at radius 3 is 2.79 bits per heavy atom. The van der Waals surface area contributed by atoms with Crippen LogP contribution in [0.2, 0.25) is 5.02 Å². The smallest absolute Gasteiger partial charge is 0.277 e. The number of carbonyl (C=O) groups excluding carboxylic acids is 1. The maximum Gasteiger partial charge on any atom is 0.277 e. The number of rotatable bonds is 6. The highest BCUT2D eigenvalue weighted by atomic mass is 79.9. The number of thioether (sulfide) groups is 1. The second kappa shape index (κ2) is 9.19. The fraction of sp³-hybridized carbons (Fsp3) is 0.250. The minimum Gasteiger partial charge on any atom is -0.411 e. The number of carbonyl (C=O) groups is 1. The van der Waals surface area contributed by atoms with E-state index in [1.165, 1.54) is 11.8 Å². The first-order valence-corrected chi connectivity index (χ1v) is 11.3. The lowest BCUT2D eigenvalue weighted by Gasteiger charge is -2.21. The summed E-state index contributed by atoms with van der Waals surface area (Å²) in [6.45, 7) is 1.97. The topological polar surface area (TPSA) is 71.3 Å². The molecule has 1 aliphatic rings. The van der Waals surface area contributed by atoms with Gasteiger partial charge >= 0.3 is 0 Å². The molecule has 1 fully saturated rings. The molecule has 150 valence electrons. The van der Waals surface area contributed by atoms with Gasteiger partial charge in [-0.25, -0.2) is 0 Å². The van der Waals surface area contributed by atoms with Crippen LogP contribution < -0.4 is 10.2 Å². The van der Waals surface area contributed by atoms with Crippen molar-refractivity contribution in [3.8, 4) is 11.5 Å². The average Bonchev–Trinajstić information content (AvgIpc) is 3.39. The van der Waals surface area contributed by atoms with Crippen LogP contribution in [0.15, 0.2) is 56.6 Å². The summed E-state index contributed by atoms with van der Waals surface area (Å²) in [6, 6.07) is 13.2. The van der Waals surface area contributed by atoms with E-state index in [2.05, 4.69) is 36.3 Å². The lowest BCUT2D eigenvalue weighted by molar-refractivity contribution is -0.113. The lowest BCUT2D eigenvalue weighted by Crippen LogP contribution is -2.21. The Morgan fingerprint density at radius 2 is 2.00 bits per heavy atom. The maximum atomic E-state index is 12.5. The average molecular weight is 494 g/mol. The maximum absolute atomic E-state index is 12.5. The fourth-order valence-corrected chi connectivity index (χ4v) is 4.36. The number of nitrogens with zero attached hydrogens (tertiary/aromatic N) is 3. The number of benzene rings is 2. The first-order chi connectivity index (χ1) is 14.1. The number of anilines is 2. The molecule has 0 radical (unpaired) electrons. The summed E-state index contributed by atoms with van der Waals surface area (Å²) in [4.78, 5) is 14.8. The van der Waals surface area contributed by atoms with E-state index in [1.807, 2.05) is 36.4 Å². The van der Waals surface area contributed by atoms with Crippen LogP contribution >= 0.6 is 39.3 Å². The monoisotopic (exact) mass is 492 g/mol. The molecule has 4 rings (SSSR count). The van der Waals surface area contributed by atoms with Crippen molar-refractivity contribution in [1.29, 1.82) is 0 Å². The summed E-state index contributed by atoms with van der Waals surface area (Å²) in [5.41, 5.74) is 2.54. The van der Waals surface area contributed by atoms with Crippen LogP contribution in [0.5, 0.6) is 0 Å². The van der Waals surface area contributed by atoms with Crippen LogP contribution in [-0.4, -0.2) is 34.9 Å². The minimum absolute atomic E-state index is 0.154. The molecular weight excluding hydrogens is 476 g/mol. The van der Waals surface area contributed by atoms with Gasteiger partial charge in [-0.1, -0.05) is 35.5 Å². The third-order valence-corrected chi connectivity index (χ3v) is 6.26. The van der Waals surface area contributed by atoms with Gasteiger partial charge in [-0.2, -0.15) is 0 Å². The molecule has 1 amide bonds. The van der Waals surface area contributed by atoms with Crippen molar-refractivity contribution in [3.63, 3.8) is 0 Å². The predicted octanol–water partition coefficient (Wildman–Crippen LogP) is 5.48. The van der Waals surface area contributed by atoms with E-state index in [0.29, 0.717) is 16.1 Å². The third kappa shape index (κ3) is 4.94. The Morgan fingerprint density at radius 1 is 1.21 bits per heavy atom. The number of nitrogens with one attached hydrogen (secondary N) is 1. The quantitative estimate of drug-likeness (QED) is 0.458. The molecule has 6 nitrogen and oxygen atoms in total. The summed E-state index contributed by atoms with van der Waals surface area (Å²) in [5, 5.41) is 12.0. The van der Waals surface area contributed by atoms with Crippen molar-refractivity contribution in [2.45, 2.75) is 18.1 Å². The molecule has 0 unspecified atom stereocenters. The highest BCUT2D eigenvalue weighted by molar-refractivity contribution is 9.10. The standard InChI is InChI=1S/C20H18BrClN4O2S/c21-15-6-2-1-5-14(15)19-24-25-20(28-19)29-12-18(27)23-16-11-13(22)7-8-17(16)26-9-3-4-10-26/h1-2,5-8,11H,3-4,9-10,12H2,(H,23,27). The Balaban J connectivity index is 1.40. The third-order valence-electron chi connectivity index (χ3n) is 4.52. The second-order valence-electron chi connectivity index (χ2n) is 6.55. The van der Waals surface area contributed by atoms with Crippen LogP contribution in [-0.2, 0) is 4.79 Å². The highest BCUT2D eigenvalue weighted by Gasteiger charge is 2.18. The Hall–Kier alpha value is -2.03. The van der Waals surface area contributed by atoms with Crippen molar-refractivity contribution < 1.29 is 9.21 Å². The molecule has 2 aromatic carbocycles. The van der Waals surface area contributed by atoms with Gasteiger partial charge in [0.1, 0.15) is 0 Å². The summed E-state index contributed by atoms with van der Waals surface area (Å²) in [6.07, 6.45) is 2.31. The van der Waals surface area contributed by atoms with Crippen LogP contribution in [0.4, 0.5) is 11.4 Å². The van der Waals surface area contributed by atoms with Gasteiger partial charge in [0.25, 0.3) is 5.22 Å². The number of hydrogen-bond donors (Lipinski definition) is 1. The molecule has 0 aliphatic carbocycles. The molecule has 29 heavy (non-hydrogen) atoms. The van der Waals surface area contributed by atoms with E-state index in [4.69, 9.17) is 16.0 Å². The van der Waals surface area contributed by atoms with Crippen LogP contribution in [0.1, 0.15) is 12.8 Å². The van der Waals surface area contributed by atoms with Gasteiger partial charge in [0, 0.05) is 22.6 Å². The Kier molecular flexibility index (Phi) is 6.42. The van der Waals surface area contributed by atoms with Crippen molar-refractivity contribution in [2.24, 2.45) is 0 Å². The molecule has 0 saturated carbocycles. The van der Waals surface area contributed by atoms with E-state index in [1.54, 1.807) is 6.07 Å². The summed E-state index contributed by atoms with van der Waals surface area (Å²) >= 11 is 10.8. The minimum atomic E-state index is -0.154. The SMILES string of the molecule is O=C(CSc1nnc(-c2ccccc2Br)o1)Nc1cc(Cl)ccc1N1CCCC1. The summed E-state index contributed by atoms with van der Waals surface area (Å²) < 4.78 is 6.55. The van der Waals surface area contributed by atoms with E-state index < -0.39 is 0 Å². The van der Waals surface area contributed by atoms with Crippen LogP contribution in [0.25, 0.3) is 11.5 Å². The van der Waals surface area contributed by atoms with Crippen molar-refractivity contribution >= 4 is 56.6 Å². The first kappa shape index (κ1) is 20.3. The van der Waals surface area contributed by atoms with E-state index in [9.17, 15) is 4.79 Å². The molecule has 1 N–H and O–H groups in total. The predicted molar refractivity (Wildman–Crippen MR) is 120 cm³/mol. The lowest BCUT2D eigenvalue weighted by atomic mass is 10.2. The van der Waals surface area contributed by atoms with Gasteiger partial charge in [0.05, 0.1) is 22.7 Å². The molecule has 0 spiro atoms. The molecule has 1 aromatic heterocycles. The zero-order valence-electron chi connectivity index (χ0n) is 15.4. The second-order valence-corrected chi connectivity index (χ2v) is 8.76. The zero-order valence-corrected chi connectivity index (χ0v) is 18.6. The van der Waals surface area contributed by atoms with Crippen LogP contribution in [0.3, 0.4) is 0 Å². The van der Waals surface area contributed by atoms with Crippen molar-refractivity contribution in [2.75, 3.05) is 29.1 Å². The molecule has 1 saturated heterocycles. The fourth-order valence-electron chi connectivity index (χ4n) is 3.17. The van der Waals surface area contributed by atoms with Gasteiger partial charge in [-0.3, -0.25) is 4.79 Å². The van der Waals surface area contributed by atoms with Gasteiger partial charge in [-0.15, -0.1) is 10.2 Å². The van der Waals surface area contributed by atoms with Crippen molar-refractivity contribution in [3.05, 3.63) is 52.0 Å². The Bertz CT molecular complexity index is 1020. The summed E-state index contributed by atoms with van der Waals surface area (Å²) in [5.74, 6) is 0.411. The van der Waals surface area contributed by atoms with Crippen molar-refractivity contribution in [1.82, 2.24) is 10.2 Å². The number of hydrogen-bond acceptors (Lipinski definition) is 6. The number of halogens is 2. The first-order valence-electron chi connectivity index (χ1n) is 9.16. The van der Waals surface area contributed by atoms with Gasteiger partial charge in [0.2, 0.25) is 11.8 Å². The Labute approximate surface area is 186 Å². The summed E-state index contributed by atoms with van der Waals surface area (Å²) in [7, 11) is 0. The largest absolute Gasteiger partial charge is 0.411 e. The van der Waals surface area contributed by atoms with E-state index >= 15 is 0 Å². The molecular formula is C20H18BrClN4O2S. The molecule has 2 heterocycles. The normalized spacial score (nSPS) is 13.7. The van der Waals surface area contributed by atoms with Gasteiger partial charge in [-0.05, 0) is 59.1 Å². The van der Waals surface area contributed by atoms with Gasteiger partial charge in [0.15, 0.2) is 0 Å². The number of amides is 1.